The van der Waals surface area contributed by atoms with Crippen molar-refractivity contribution in [2.45, 2.75) is 45.8 Å². The Morgan fingerprint density at radius 1 is 1.14 bits per heavy atom. The quantitative estimate of drug-likeness (QED) is 0.363. The molecule has 1 heterocycles. The second-order valence-corrected chi connectivity index (χ2v) is 7.61. The number of aromatic nitrogens is 1. The summed E-state index contributed by atoms with van der Waals surface area (Å²) < 4.78 is 11.7. The van der Waals surface area contributed by atoms with Gasteiger partial charge in [-0.3, -0.25) is 9.78 Å². The summed E-state index contributed by atoms with van der Waals surface area (Å²) in [6.45, 7) is 3.82. The second kappa shape index (κ2) is 9.95. The highest BCUT2D eigenvalue weighted by atomic mass is 35.5. The molecular formula is C23H23Cl2NO3. The Morgan fingerprint density at radius 2 is 1.93 bits per heavy atom. The molecule has 6 heteroatoms. The van der Waals surface area contributed by atoms with Gasteiger partial charge in [-0.1, -0.05) is 60.8 Å². The van der Waals surface area contributed by atoms with Crippen LogP contribution in [-0.4, -0.2) is 11.0 Å². The molecule has 0 aliphatic rings. The number of esters is 1. The molecule has 0 saturated heterocycles. The molecule has 0 fully saturated rings. The van der Waals surface area contributed by atoms with Gasteiger partial charge in [0.2, 0.25) is 0 Å². The number of unbranched alkanes of at least 4 members (excludes halogenated alkanes) is 1. The van der Waals surface area contributed by atoms with Gasteiger partial charge in [0.25, 0.3) is 0 Å². The highest BCUT2D eigenvalue weighted by Crippen LogP contribution is 2.37. The van der Waals surface area contributed by atoms with E-state index in [9.17, 15) is 4.79 Å². The van der Waals surface area contributed by atoms with Gasteiger partial charge < -0.3 is 9.47 Å². The molecule has 1 aromatic heterocycles. The van der Waals surface area contributed by atoms with E-state index >= 15 is 0 Å². The highest BCUT2D eigenvalue weighted by Gasteiger charge is 2.19. The molecule has 0 spiro atoms. The maximum absolute atomic E-state index is 11.6. The van der Waals surface area contributed by atoms with Crippen molar-refractivity contribution in [2.75, 3.05) is 0 Å². The molecule has 3 aromatic rings. The summed E-state index contributed by atoms with van der Waals surface area (Å²) in [5.74, 6) is 0.192. The van der Waals surface area contributed by atoms with Crippen molar-refractivity contribution < 1.29 is 14.3 Å². The van der Waals surface area contributed by atoms with Gasteiger partial charge in [0.05, 0.1) is 10.0 Å². The van der Waals surface area contributed by atoms with Gasteiger partial charge in [0.1, 0.15) is 18.2 Å². The van der Waals surface area contributed by atoms with Crippen LogP contribution in [0.1, 0.15) is 50.3 Å². The average molecular weight is 432 g/mol. The lowest BCUT2D eigenvalue weighted by molar-refractivity contribution is -0.147. The van der Waals surface area contributed by atoms with Crippen LogP contribution >= 0.6 is 23.2 Å². The monoisotopic (exact) mass is 431 g/mol. The average Bonchev–Trinajstić information content (AvgIpc) is 2.71. The van der Waals surface area contributed by atoms with Crippen LogP contribution in [0.2, 0.25) is 10.0 Å². The number of ether oxygens (including phenoxy) is 2. The Kier molecular flexibility index (Phi) is 7.34. The number of carbonyl (C=O) groups excluding carboxylic acids is 1. The summed E-state index contributed by atoms with van der Waals surface area (Å²) in [7, 11) is 0. The molecule has 1 atom stereocenters. The van der Waals surface area contributed by atoms with Crippen LogP contribution in [-0.2, 0) is 16.1 Å². The fraction of sp³-hybridized carbons (Fsp3) is 0.304. The zero-order valence-corrected chi connectivity index (χ0v) is 18.0. The van der Waals surface area contributed by atoms with Crippen molar-refractivity contribution in [1.29, 1.82) is 0 Å². The van der Waals surface area contributed by atoms with Crippen molar-refractivity contribution in [1.82, 2.24) is 4.98 Å². The van der Waals surface area contributed by atoms with E-state index in [0.717, 1.165) is 35.8 Å². The number of fused-ring (bicyclic) bond motifs is 1. The molecule has 1 unspecified atom stereocenters. The number of hydrogen-bond acceptors (Lipinski definition) is 4. The molecular weight excluding hydrogens is 409 g/mol. The number of rotatable bonds is 8. The Labute approximate surface area is 180 Å². The normalized spacial score (nSPS) is 12.0. The van der Waals surface area contributed by atoms with Crippen LogP contribution in [0.25, 0.3) is 10.9 Å². The van der Waals surface area contributed by atoms with Crippen molar-refractivity contribution >= 4 is 40.1 Å². The number of carbonyl (C=O) groups is 1. The third-order valence-corrected chi connectivity index (χ3v) is 5.25. The van der Waals surface area contributed by atoms with E-state index in [1.165, 1.54) is 6.92 Å². The topological polar surface area (TPSA) is 48.4 Å². The lowest BCUT2D eigenvalue weighted by Gasteiger charge is -2.21. The van der Waals surface area contributed by atoms with Gasteiger partial charge in [0.15, 0.2) is 5.75 Å². The molecule has 0 N–H and O–H groups in total. The van der Waals surface area contributed by atoms with Gasteiger partial charge >= 0.3 is 5.97 Å². The van der Waals surface area contributed by atoms with E-state index in [1.807, 2.05) is 36.4 Å². The number of hydrogen-bond donors (Lipinski definition) is 0. The summed E-state index contributed by atoms with van der Waals surface area (Å²) in [5.41, 5.74) is 2.49. The minimum absolute atomic E-state index is 0.271. The Balaban J connectivity index is 1.91. The molecule has 0 aliphatic heterocycles. The summed E-state index contributed by atoms with van der Waals surface area (Å²) in [4.78, 5) is 16.0. The lowest BCUT2D eigenvalue weighted by atomic mass is 9.98. The lowest BCUT2D eigenvalue weighted by Crippen LogP contribution is -2.12. The zero-order valence-electron chi connectivity index (χ0n) is 16.5. The van der Waals surface area contributed by atoms with Crippen LogP contribution < -0.4 is 4.74 Å². The van der Waals surface area contributed by atoms with E-state index in [1.54, 1.807) is 12.3 Å². The van der Waals surface area contributed by atoms with Gasteiger partial charge in [0, 0.05) is 18.5 Å². The molecule has 2 aromatic carbocycles. The molecule has 4 nitrogen and oxygen atoms in total. The minimum atomic E-state index is -0.303. The summed E-state index contributed by atoms with van der Waals surface area (Å²) in [5, 5.41) is 1.71. The first-order valence-electron chi connectivity index (χ1n) is 9.61. The number of benzene rings is 2. The third-order valence-electron chi connectivity index (χ3n) is 4.65. The molecule has 29 heavy (non-hydrogen) atoms. The smallest absolute Gasteiger partial charge is 0.303 e. The van der Waals surface area contributed by atoms with E-state index < -0.39 is 0 Å². The summed E-state index contributed by atoms with van der Waals surface area (Å²) in [6, 6.07) is 13.2. The van der Waals surface area contributed by atoms with E-state index in [0.29, 0.717) is 21.3 Å². The summed E-state index contributed by atoms with van der Waals surface area (Å²) >= 11 is 12.7. The van der Waals surface area contributed by atoms with E-state index in [2.05, 4.69) is 11.9 Å². The van der Waals surface area contributed by atoms with Gasteiger partial charge in [-0.25, -0.2) is 0 Å². The number of nitrogens with zero attached hydrogens (tertiary/aromatic N) is 1. The largest absolute Gasteiger partial charge is 0.485 e. The van der Waals surface area contributed by atoms with E-state index in [4.69, 9.17) is 32.7 Å². The second-order valence-electron chi connectivity index (χ2n) is 6.80. The predicted molar refractivity (Wildman–Crippen MR) is 117 cm³/mol. The zero-order chi connectivity index (χ0) is 20.8. The van der Waals surface area contributed by atoms with Crippen molar-refractivity contribution in [2.24, 2.45) is 0 Å². The van der Waals surface area contributed by atoms with Crippen molar-refractivity contribution in [3.05, 3.63) is 69.8 Å². The Hall–Kier alpha value is -2.30. The fourth-order valence-electron chi connectivity index (χ4n) is 3.28. The summed E-state index contributed by atoms with van der Waals surface area (Å²) in [6.07, 6.45) is 4.12. The van der Waals surface area contributed by atoms with Crippen LogP contribution in [0.5, 0.6) is 5.75 Å². The molecule has 152 valence electrons. The van der Waals surface area contributed by atoms with Crippen molar-refractivity contribution in [3.8, 4) is 5.75 Å². The molecule has 0 aliphatic carbocycles. The maximum atomic E-state index is 11.6. The first-order valence-corrected chi connectivity index (χ1v) is 10.4. The number of pyridine rings is 1. The molecule has 0 amide bonds. The Bertz CT molecular complexity index is 1010. The van der Waals surface area contributed by atoms with Gasteiger partial charge in [-0.2, -0.15) is 0 Å². The van der Waals surface area contributed by atoms with Crippen LogP contribution in [0.4, 0.5) is 0 Å². The minimum Gasteiger partial charge on any atom is -0.485 e. The van der Waals surface area contributed by atoms with Crippen LogP contribution in [0.3, 0.4) is 0 Å². The number of halogens is 2. The van der Waals surface area contributed by atoms with E-state index in [-0.39, 0.29) is 18.7 Å². The third kappa shape index (κ3) is 5.20. The molecule has 3 rings (SSSR count). The molecule has 0 radical (unpaired) electrons. The fourth-order valence-corrected chi connectivity index (χ4v) is 3.85. The van der Waals surface area contributed by atoms with Crippen LogP contribution in [0.15, 0.2) is 48.7 Å². The first kappa shape index (κ1) is 21.4. The Morgan fingerprint density at radius 3 is 2.69 bits per heavy atom. The maximum Gasteiger partial charge on any atom is 0.303 e. The van der Waals surface area contributed by atoms with Crippen LogP contribution in [0, 0.1) is 0 Å². The first-order chi connectivity index (χ1) is 14.0. The van der Waals surface area contributed by atoms with Crippen molar-refractivity contribution in [3.63, 3.8) is 0 Å². The molecule has 0 saturated carbocycles. The van der Waals surface area contributed by atoms with Gasteiger partial charge in [-0.15, -0.1) is 0 Å². The highest BCUT2D eigenvalue weighted by molar-refractivity contribution is 6.39. The standard InChI is InChI=1S/C23H23Cl2NO3/c1-3-4-11-21(29-15(2)27)17-9-6-5-8-16(17)14-28-23-20(25)13-19(24)18-10-7-12-26-22(18)23/h5-10,12-13,21H,3-4,11,14H2,1-2H3. The van der Waals surface area contributed by atoms with Gasteiger partial charge in [-0.05, 0) is 42.2 Å². The SMILES string of the molecule is CCCCC(OC(C)=O)c1ccccc1COc1c(Cl)cc(Cl)c2cccnc12. The molecule has 0 bridgehead atoms. The predicted octanol–water partition coefficient (Wildman–Crippen LogP) is 6.92.